The average Bonchev–Trinajstić information content (AvgIpc) is 2.83. The number of carboxylic acids is 2. The van der Waals surface area contributed by atoms with E-state index < -0.39 is 54.1 Å². The molecule has 0 saturated heterocycles. The second kappa shape index (κ2) is 5.53. The second-order valence-electron chi connectivity index (χ2n) is 6.67. The van der Waals surface area contributed by atoms with Crippen LogP contribution in [0.25, 0.3) is 0 Å². The maximum Gasteiger partial charge on any atom is 0.317 e. The van der Waals surface area contributed by atoms with Gasteiger partial charge in [0.25, 0.3) is 0 Å². The molecule has 0 radical (unpaired) electrons. The van der Waals surface area contributed by atoms with Crippen molar-refractivity contribution in [1.82, 2.24) is 0 Å². The van der Waals surface area contributed by atoms with Gasteiger partial charge in [-0.05, 0) is 47.8 Å². The standard InChI is InChI=1S/C21H18O5/c22-17-20(18(23)24)9-13-5-1-2-6-14(13)10-21(17,19(25)26)12-16-8-4-3-7-15(16)11-20/h1-8H,9-12H2,(H,23,24)(H,25,26)/t20-,21+/i9D2,10D2. The minimum atomic E-state index is -2.87. The van der Waals surface area contributed by atoms with E-state index in [0.717, 1.165) is 0 Å². The fourth-order valence-corrected chi connectivity index (χ4v) is 3.81. The van der Waals surface area contributed by atoms with Crippen molar-refractivity contribution in [3.05, 3.63) is 70.8 Å². The Morgan fingerprint density at radius 1 is 0.769 bits per heavy atom. The van der Waals surface area contributed by atoms with Crippen LogP contribution in [-0.2, 0) is 40.0 Å². The first-order valence-corrected chi connectivity index (χ1v) is 8.13. The number of carbonyl (C=O) groups excluding carboxylic acids is 1. The van der Waals surface area contributed by atoms with Gasteiger partial charge in [0.05, 0.1) is 0 Å². The molecule has 26 heavy (non-hydrogen) atoms. The van der Waals surface area contributed by atoms with E-state index >= 15 is 0 Å². The molecule has 0 aromatic heterocycles. The van der Waals surface area contributed by atoms with Gasteiger partial charge in [-0.15, -0.1) is 0 Å². The summed E-state index contributed by atoms with van der Waals surface area (Å²) in [6.45, 7) is 0. The van der Waals surface area contributed by atoms with Gasteiger partial charge in [0, 0.05) is 5.48 Å². The molecule has 0 heterocycles. The van der Waals surface area contributed by atoms with Crippen LogP contribution in [0.15, 0.2) is 48.5 Å². The Labute approximate surface area is 155 Å². The Bertz CT molecular complexity index is 1030. The minimum absolute atomic E-state index is 0.315. The molecule has 2 bridgehead atoms. The molecule has 0 spiro atoms. The van der Waals surface area contributed by atoms with E-state index in [1.807, 2.05) is 0 Å². The minimum Gasteiger partial charge on any atom is -0.480 e. The van der Waals surface area contributed by atoms with E-state index in [1.165, 1.54) is 36.4 Å². The first-order valence-electron chi connectivity index (χ1n) is 10.1. The summed E-state index contributed by atoms with van der Waals surface area (Å²) in [5, 5.41) is 20.5. The molecule has 2 aromatic rings. The molecule has 0 amide bonds. The number of Topliss-reactive ketones (excluding diaryl/α,β-unsaturated/α-hetero) is 1. The highest BCUT2D eigenvalue weighted by Gasteiger charge is 2.61. The third-order valence-electron chi connectivity index (χ3n) is 5.16. The molecule has 4 rings (SSSR count). The highest BCUT2D eigenvalue weighted by molar-refractivity contribution is 6.15. The Balaban J connectivity index is 2.27. The van der Waals surface area contributed by atoms with Crippen LogP contribution < -0.4 is 0 Å². The number of hydrogen-bond acceptors (Lipinski definition) is 3. The van der Waals surface area contributed by atoms with Crippen molar-refractivity contribution in [2.75, 3.05) is 0 Å². The third kappa shape index (κ3) is 2.13. The van der Waals surface area contributed by atoms with Crippen LogP contribution in [0.3, 0.4) is 0 Å². The summed E-state index contributed by atoms with van der Waals surface area (Å²) in [7, 11) is 0. The summed E-state index contributed by atoms with van der Waals surface area (Å²) in [6.07, 6.45) is -6.89. The smallest absolute Gasteiger partial charge is 0.317 e. The molecule has 0 saturated carbocycles. The van der Waals surface area contributed by atoms with Crippen molar-refractivity contribution in [3.8, 4) is 0 Å². The van der Waals surface area contributed by atoms with Crippen LogP contribution in [0.4, 0.5) is 0 Å². The summed E-state index contributed by atoms with van der Waals surface area (Å²) < 4.78 is 35.1. The highest BCUT2D eigenvalue weighted by atomic mass is 16.4. The van der Waals surface area contributed by atoms with Gasteiger partial charge in [0.15, 0.2) is 5.78 Å². The SMILES string of the molecule is [2H]C1([2H])c2ccccc2C([2H])([2H])[C@@]2(C(=O)O)Cc3ccccc3C[C@]1(C(=O)O)C2=O. The third-order valence-corrected chi connectivity index (χ3v) is 5.16. The predicted molar refractivity (Wildman–Crippen MR) is 92.8 cm³/mol. The number of ketones is 1. The largest absolute Gasteiger partial charge is 0.480 e. The lowest BCUT2D eigenvalue weighted by atomic mass is 9.66. The van der Waals surface area contributed by atoms with Gasteiger partial charge in [-0.2, -0.15) is 0 Å². The van der Waals surface area contributed by atoms with Gasteiger partial charge >= 0.3 is 11.9 Å². The van der Waals surface area contributed by atoms with Gasteiger partial charge < -0.3 is 10.2 Å². The fourth-order valence-electron chi connectivity index (χ4n) is 3.81. The first-order chi connectivity index (χ1) is 13.9. The lowest BCUT2D eigenvalue weighted by Gasteiger charge is -2.32. The predicted octanol–water partition coefficient (Wildman–Crippen LogP) is 2.30. The normalized spacial score (nSPS) is 33.0. The Morgan fingerprint density at radius 3 is 1.46 bits per heavy atom. The zero-order valence-electron chi connectivity index (χ0n) is 17.7. The Kier molecular flexibility index (Phi) is 2.64. The highest BCUT2D eigenvalue weighted by Crippen LogP contribution is 2.48. The monoisotopic (exact) mass is 354 g/mol. The summed E-state index contributed by atoms with van der Waals surface area (Å²) in [5.74, 6) is -5.09. The van der Waals surface area contributed by atoms with Crippen LogP contribution in [0.1, 0.15) is 27.7 Å². The molecule has 132 valence electrons. The van der Waals surface area contributed by atoms with Crippen molar-refractivity contribution >= 4 is 17.7 Å². The number of carboxylic acid groups (broad SMARTS) is 2. The van der Waals surface area contributed by atoms with Gasteiger partial charge in [0.1, 0.15) is 10.8 Å². The van der Waals surface area contributed by atoms with Crippen molar-refractivity contribution < 1.29 is 30.1 Å². The molecule has 2 aliphatic carbocycles. The Hall–Kier alpha value is -2.95. The maximum atomic E-state index is 13.9. The van der Waals surface area contributed by atoms with E-state index in [-0.39, 0.29) is 11.1 Å². The van der Waals surface area contributed by atoms with E-state index in [2.05, 4.69) is 0 Å². The average molecular weight is 354 g/mol. The molecular formula is C21H18O5. The molecule has 0 fully saturated rings. The van der Waals surface area contributed by atoms with Crippen molar-refractivity contribution in [1.29, 1.82) is 0 Å². The van der Waals surface area contributed by atoms with Crippen LogP contribution in [0, 0.1) is 10.8 Å². The summed E-state index contributed by atoms with van der Waals surface area (Å²) in [6, 6.07) is 11.5. The second-order valence-corrected chi connectivity index (χ2v) is 6.67. The number of rotatable bonds is 2. The lowest BCUT2D eigenvalue weighted by molar-refractivity contribution is -0.165. The molecule has 0 unspecified atom stereocenters. The lowest BCUT2D eigenvalue weighted by Crippen LogP contribution is -2.53. The number of hydrogen-bond donors (Lipinski definition) is 2. The number of carbonyl (C=O) groups is 3. The van der Waals surface area contributed by atoms with E-state index in [9.17, 15) is 24.6 Å². The van der Waals surface area contributed by atoms with Crippen LogP contribution >= 0.6 is 0 Å². The van der Waals surface area contributed by atoms with E-state index in [0.29, 0.717) is 11.1 Å². The molecule has 5 nitrogen and oxygen atoms in total. The van der Waals surface area contributed by atoms with Crippen molar-refractivity contribution in [3.63, 3.8) is 0 Å². The summed E-state index contributed by atoms with van der Waals surface area (Å²) in [5.41, 5.74) is -5.66. The van der Waals surface area contributed by atoms with Crippen LogP contribution in [0.5, 0.6) is 0 Å². The number of fused-ring (bicyclic) bond motifs is 4. The van der Waals surface area contributed by atoms with E-state index in [1.54, 1.807) is 12.1 Å². The van der Waals surface area contributed by atoms with Crippen LogP contribution in [-0.4, -0.2) is 27.9 Å². The Morgan fingerprint density at radius 2 is 1.12 bits per heavy atom. The summed E-state index contributed by atoms with van der Waals surface area (Å²) in [4.78, 5) is 39.2. The number of aliphatic carboxylic acids is 2. The first kappa shape index (κ1) is 12.4. The molecular weight excluding hydrogens is 332 g/mol. The van der Waals surface area contributed by atoms with Crippen molar-refractivity contribution in [2.24, 2.45) is 10.8 Å². The van der Waals surface area contributed by atoms with Gasteiger partial charge in [-0.25, -0.2) is 0 Å². The van der Waals surface area contributed by atoms with Crippen LogP contribution in [0.2, 0.25) is 0 Å². The van der Waals surface area contributed by atoms with Crippen molar-refractivity contribution in [2.45, 2.75) is 25.6 Å². The molecule has 0 aliphatic heterocycles. The zero-order valence-corrected chi connectivity index (χ0v) is 13.7. The summed E-state index contributed by atoms with van der Waals surface area (Å²) >= 11 is 0. The molecule has 2 atom stereocenters. The topological polar surface area (TPSA) is 91.7 Å². The zero-order chi connectivity index (χ0) is 22.1. The quantitative estimate of drug-likeness (QED) is 0.808. The van der Waals surface area contributed by atoms with Gasteiger partial charge in [-0.3, -0.25) is 14.4 Å². The fraction of sp³-hybridized carbons (Fsp3) is 0.286. The molecule has 5 heteroatoms. The molecule has 2 aromatic carbocycles. The molecule has 2 aliphatic rings. The van der Waals surface area contributed by atoms with E-state index in [4.69, 9.17) is 5.48 Å². The maximum absolute atomic E-state index is 13.9. The number of benzene rings is 2. The van der Waals surface area contributed by atoms with Gasteiger partial charge in [0.2, 0.25) is 0 Å². The molecule has 2 N–H and O–H groups in total. The van der Waals surface area contributed by atoms with Gasteiger partial charge in [-0.1, -0.05) is 48.5 Å².